The van der Waals surface area contributed by atoms with Crippen LogP contribution in [0, 0.1) is 0 Å². The molecule has 0 unspecified atom stereocenters. The molecule has 11 heavy (non-hydrogen) atoms. The first kappa shape index (κ1) is 9.74. The molecule has 0 saturated carbocycles. The van der Waals surface area contributed by atoms with E-state index in [-0.39, 0.29) is 0 Å². The summed E-state index contributed by atoms with van der Waals surface area (Å²) in [6.07, 6.45) is 0. The molecule has 1 aliphatic heterocycles. The van der Waals surface area contributed by atoms with E-state index in [1.165, 1.54) is 19.6 Å². The summed E-state index contributed by atoms with van der Waals surface area (Å²) in [6, 6.07) is 1.43. The number of halogens is 1. The summed E-state index contributed by atoms with van der Waals surface area (Å²) < 4.78 is 2.38. The first-order valence-electron chi connectivity index (χ1n) is 4.27. The number of piperazine rings is 1. The molecule has 2 nitrogen and oxygen atoms in total. The van der Waals surface area contributed by atoms with Crippen LogP contribution in [-0.2, 0) is 0 Å². The van der Waals surface area contributed by atoms with E-state index in [1.54, 1.807) is 0 Å². The Bertz CT molecular complexity index is 127. The lowest BCUT2D eigenvalue weighted by Crippen LogP contribution is -2.51. The van der Waals surface area contributed by atoms with Gasteiger partial charge in [-0.2, -0.15) is 0 Å². The van der Waals surface area contributed by atoms with Crippen LogP contribution < -0.4 is 0 Å². The van der Waals surface area contributed by atoms with Crippen LogP contribution in [0.1, 0.15) is 20.8 Å². The van der Waals surface area contributed by atoms with Gasteiger partial charge in [0.25, 0.3) is 0 Å². The number of rotatable bonds is 1. The standard InChI is InChI=1S/C8H17IN2/c1-7(2)11-5-4-10(9)6-8(11)3/h7-8H,4-6H2,1-3H3/t8-/m0/s1. The largest absolute Gasteiger partial charge is 0.296 e. The number of hydrogen-bond donors (Lipinski definition) is 0. The van der Waals surface area contributed by atoms with Gasteiger partial charge in [-0.05, 0) is 20.8 Å². The van der Waals surface area contributed by atoms with Gasteiger partial charge in [-0.25, -0.2) is 3.11 Å². The van der Waals surface area contributed by atoms with Crippen molar-refractivity contribution in [1.82, 2.24) is 8.01 Å². The average Bonchev–Trinajstić information content (AvgIpc) is 1.85. The van der Waals surface area contributed by atoms with E-state index in [0.717, 1.165) is 6.04 Å². The highest BCUT2D eigenvalue weighted by molar-refractivity contribution is 14.1. The molecule has 0 N–H and O–H groups in total. The lowest BCUT2D eigenvalue weighted by molar-refractivity contribution is 0.109. The van der Waals surface area contributed by atoms with Crippen LogP contribution in [-0.4, -0.2) is 39.7 Å². The van der Waals surface area contributed by atoms with Crippen molar-refractivity contribution in [3.05, 3.63) is 0 Å². The highest BCUT2D eigenvalue weighted by atomic mass is 127. The fraction of sp³-hybridized carbons (Fsp3) is 1.00. The summed E-state index contributed by atoms with van der Waals surface area (Å²) in [7, 11) is 0. The second kappa shape index (κ2) is 4.05. The van der Waals surface area contributed by atoms with Crippen LogP contribution in [0.2, 0.25) is 0 Å². The molecule has 0 amide bonds. The van der Waals surface area contributed by atoms with Gasteiger partial charge in [-0.3, -0.25) is 4.90 Å². The van der Waals surface area contributed by atoms with Gasteiger partial charge >= 0.3 is 0 Å². The predicted octanol–water partition coefficient (Wildman–Crippen LogP) is 1.75. The van der Waals surface area contributed by atoms with E-state index in [4.69, 9.17) is 0 Å². The Balaban J connectivity index is 2.44. The summed E-state index contributed by atoms with van der Waals surface area (Å²) in [5, 5.41) is 0. The van der Waals surface area contributed by atoms with Crippen molar-refractivity contribution in [3.63, 3.8) is 0 Å². The highest BCUT2D eigenvalue weighted by Gasteiger charge is 2.23. The van der Waals surface area contributed by atoms with Crippen LogP contribution in [0.4, 0.5) is 0 Å². The molecule has 3 heteroatoms. The Kier molecular flexibility index (Phi) is 3.58. The lowest BCUT2D eigenvalue weighted by atomic mass is 10.2. The zero-order chi connectivity index (χ0) is 8.43. The maximum Gasteiger partial charge on any atom is 0.0235 e. The monoisotopic (exact) mass is 268 g/mol. The fourth-order valence-electron chi connectivity index (χ4n) is 1.69. The number of hydrogen-bond acceptors (Lipinski definition) is 2. The van der Waals surface area contributed by atoms with Crippen LogP contribution in [0.15, 0.2) is 0 Å². The minimum absolute atomic E-state index is 0.704. The van der Waals surface area contributed by atoms with E-state index in [0.29, 0.717) is 6.04 Å². The SMILES string of the molecule is CC(C)N1CCN(I)C[C@@H]1C. The smallest absolute Gasteiger partial charge is 0.0235 e. The Labute approximate surface area is 83.4 Å². The highest BCUT2D eigenvalue weighted by Crippen LogP contribution is 2.14. The zero-order valence-electron chi connectivity index (χ0n) is 7.55. The van der Waals surface area contributed by atoms with E-state index in [9.17, 15) is 0 Å². The van der Waals surface area contributed by atoms with Crippen molar-refractivity contribution in [3.8, 4) is 0 Å². The van der Waals surface area contributed by atoms with E-state index in [1.807, 2.05) is 0 Å². The molecule has 1 atom stereocenters. The molecule has 0 aromatic rings. The summed E-state index contributed by atoms with van der Waals surface area (Å²) in [5.74, 6) is 0. The molecule has 1 rings (SSSR count). The van der Waals surface area contributed by atoms with Crippen LogP contribution in [0.25, 0.3) is 0 Å². The quantitative estimate of drug-likeness (QED) is 0.528. The molecule has 0 aromatic carbocycles. The molecule has 0 aromatic heterocycles. The molecule has 1 aliphatic rings. The normalized spacial score (nSPS) is 29.7. The van der Waals surface area contributed by atoms with Crippen LogP contribution in [0.3, 0.4) is 0 Å². The molecule has 0 aliphatic carbocycles. The second-order valence-corrected chi connectivity index (χ2v) is 4.91. The van der Waals surface area contributed by atoms with Gasteiger partial charge in [0.05, 0.1) is 0 Å². The molecule has 1 fully saturated rings. The Morgan fingerprint density at radius 2 is 2.00 bits per heavy atom. The summed E-state index contributed by atoms with van der Waals surface area (Å²) in [6.45, 7) is 10.5. The predicted molar refractivity (Wildman–Crippen MR) is 56.9 cm³/mol. The minimum atomic E-state index is 0.704. The van der Waals surface area contributed by atoms with Crippen molar-refractivity contribution in [2.45, 2.75) is 32.9 Å². The first-order valence-corrected chi connectivity index (χ1v) is 5.24. The van der Waals surface area contributed by atoms with Gasteiger partial charge in [0.15, 0.2) is 0 Å². The molecular formula is C8H17IN2. The third-order valence-electron chi connectivity index (χ3n) is 2.29. The van der Waals surface area contributed by atoms with E-state index >= 15 is 0 Å². The van der Waals surface area contributed by atoms with Crippen molar-refractivity contribution in [2.75, 3.05) is 19.6 Å². The minimum Gasteiger partial charge on any atom is -0.296 e. The maximum absolute atomic E-state index is 2.56. The summed E-state index contributed by atoms with van der Waals surface area (Å²) in [5.41, 5.74) is 0. The van der Waals surface area contributed by atoms with Crippen molar-refractivity contribution >= 4 is 22.9 Å². The topological polar surface area (TPSA) is 6.48 Å². The number of nitrogens with zero attached hydrogens (tertiary/aromatic N) is 2. The average molecular weight is 268 g/mol. The first-order chi connectivity index (χ1) is 5.11. The van der Waals surface area contributed by atoms with E-state index < -0.39 is 0 Å². The van der Waals surface area contributed by atoms with E-state index in [2.05, 4.69) is 51.6 Å². The van der Waals surface area contributed by atoms with Crippen molar-refractivity contribution in [1.29, 1.82) is 0 Å². The second-order valence-electron chi connectivity index (χ2n) is 3.55. The van der Waals surface area contributed by atoms with Gasteiger partial charge in [-0.1, -0.05) is 0 Å². The molecule has 0 radical (unpaired) electrons. The van der Waals surface area contributed by atoms with Gasteiger partial charge < -0.3 is 0 Å². The Hall–Kier alpha value is 0.650. The summed E-state index contributed by atoms with van der Waals surface area (Å²) in [4.78, 5) is 2.56. The Morgan fingerprint density at radius 1 is 1.36 bits per heavy atom. The zero-order valence-corrected chi connectivity index (χ0v) is 9.71. The van der Waals surface area contributed by atoms with Crippen LogP contribution >= 0.6 is 22.9 Å². The third-order valence-corrected chi connectivity index (χ3v) is 3.17. The Morgan fingerprint density at radius 3 is 2.45 bits per heavy atom. The molecule has 1 heterocycles. The third kappa shape index (κ3) is 2.56. The van der Waals surface area contributed by atoms with Gasteiger partial charge in [-0.15, -0.1) is 0 Å². The van der Waals surface area contributed by atoms with Gasteiger partial charge in [0, 0.05) is 54.6 Å². The lowest BCUT2D eigenvalue weighted by Gasteiger charge is -2.39. The van der Waals surface area contributed by atoms with Gasteiger partial charge in [0.2, 0.25) is 0 Å². The van der Waals surface area contributed by atoms with Crippen LogP contribution in [0.5, 0.6) is 0 Å². The van der Waals surface area contributed by atoms with Crippen molar-refractivity contribution in [2.24, 2.45) is 0 Å². The molecule has 66 valence electrons. The summed E-state index contributed by atoms with van der Waals surface area (Å²) >= 11 is 2.41. The fourth-order valence-corrected chi connectivity index (χ4v) is 2.48. The molecule has 0 spiro atoms. The van der Waals surface area contributed by atoms with Gasteiger partial charge in [0.1, 0.15) is 0 Å². The van der Waals surface area contributed by atoms with Crippen molar-refractivity contribution < 1.29 is 0 Å². The maximum atomic E-state index is 2.56. The molecule has 0 bridgehead atoms. The molecule has 1 saturated heterocycles. The molecular weight excluding hydrogens is 251 g/mol.